The second-order valence-electron chi connectivity index (χ2n) is 5.57. The number of nitrogens with zero attached hydrogens (tertiary/aromatic N) is 5. The molecular formula is C16H17N5O. The molecule has 0 atom stereocenters. The van der Waals surface area contributed by atoms with E-state index in [2.05, 4.69) is 15.1 Å². The topological polar surface area (TPSA) is 66.5 Å². The van der Waals surface area contributed by atoms with E-state index in [0.717, 1.165) is 48.8 Å². The Balaban J connectivity index is 1.74. The molecule has 2 aromatic heterocycles. The van der Waals surface area contributed by atoms with Crippen molar-refractivity contribution in [1.82, 2.24) is 19.8 Å². The first-order chi connectivity index (χ1) is 10.8. The zero-order valence-electron chi connectivity index (χ0n) is 12.1. The first-order valence-electron chi connectivity index (χ1n) is 7.52. The first-order valence-corrected chi connectivity index (χ1v) is 7.52. The lowest BCUT2D eigenvalue weighted by atomic mass is 10.1. The van der Waals surface area contributed by atoms with Gasteiger partial charge in [0.1, 0.15) is 5.82 Å². The Labute approximate surface area is 128 Å². The Morgan fingerprint density at radius 1 is 0.955 bits per heavy atom. The molecule has 4 rings (SSSR count). The van der Waals surface area contributed by atoms with Gasteiger partial charge in [-0.3, -0.25) is 0 Å². The normalized spacial score (nSPS) is 16.3. The fourth-order valence-corrected chi connectivity index (χ4v) is 2.81. The summed E-state index contributed by atoms with van der Waals surface area (Å²) in [7, 11) is 0. The molecular weight excluding hydrogens is 278 g/mol. The van der Waals surface area contributed by atoms with Crippen molar-refractivity contribution in [2.45, 2.75) is 18.9 Å². The van der Waals surface area contributed by atoms with Crippen molar-refractivity contribution in [3.8, 4) is 11.4 Å². The minimum Gasteiger partial charge on any atom is -0.393 e. The molecule has 0 saturated carbocycles. The van der Waals surface area contributed by atoms with E-state index in [1.807, 2.05) is 42.5 Å². The maximum Gasteiger partial charge on any atom is 0.185 e. The fraction of sp³-hybridized carbons (Fsp3) is 0.312. The third kappa shape index (κ3) is 2.31. The summed E-state index contributed by atoms with van der Waals surface area (Å²) in [6.07, 6.45) is 1.38. The molecule has 1 aliphatic heterocycles. The SMILES string of the molecule is OC1CCN(c2ccc3nnc(-c4ccccc4)n3n2)CC1. The zero-order valence-corrected chi connectivity index (χ0v) is 12.1. The lowest BCUT2D eigenvalue weighted by molar-refractivity contribution is 0.145. The number of aliphatic hydroxyl groups is 1. The molecule has 0 spiro atoms. The highest BCUT2D eigenvalue weighted by molar-refractivity contribution is 5.59. The molecule has 0 radical (unpaired) electrons. The van der Waals surface area contributed by atoms with Gasteiger partial charge in [0.2, 0.25) is 0 Å². The van der Waals surface area contributed by atoms with Gasteiger partial charge < -0.3 is 10.0 Å². The molecule has 1 N–H and O–H groups in total. The van der Waals surface area contributed by atoms with Crippen LogP contribution in [-0.4, -0.2) is 44.1 Å². The smallest absolute Gasteiger partial charge is 0.185 e. The lowest BCUT2D eigenvalue weighted by Crippen LogP contribution is -2.36. The zero-order chi connectivity index (χ0) is 14.9. The van der Waals surface area contributed by atoms with Crippen molar-refractivity contribution in [3.05, 3.63) is 42.5 Å². The molecule has 0 aliphatic carbocycles. The Morgan fingerprint density at radius 3 is 2.50 bits per heavy atom. The Hall–Kier alpha value is -2.47. The molecule has 22 heavy (non-hydrogen) atoms. The third-order valence-corrected chi connectivity index (χ3v) is 4.07. The van der Waals surface area contributed by atoms with Gasteiger partial charge in [0.15, 0.2) is 11.5 Å². The van der Waals surface area contributed by atoms with Gasteiger partial charge in [-0.05, 0) is 25.0 Å². The Morgan fingerprint density at radius 2 is 1.73 bits per heavy atom. The van der Waals surface area contributed by atoms with Crippen LogP contribution in [0.25, 0.3) is 17.0 Å². The Bertz CT molecular complexity index is 778. The van der Waals surface area contributed by atoms with Crippen LogP contribution in [0.3, 0.4) is 0 Å². The van der Waals surface area contributed by atoms with Crippen LogP contribution in [-0.2, 0) is 0 Å². The lowest BCUT2D eigenvalue weighted by Gasteiger charge is -2.30. The van der Waals surface area contributed by atoms with Crippen LogP contribution in [0, 0.1) is 0 Å². The van der Waals surface area contributed by atoms with E-state index in [0.29, 0.717) is 0 Å². The van der Waals surface area contributed by atoms with Crippen molar-refractivity contribution < 1.29 is 5.11 Å². The summed E-state index contributed by atoms with van der Waals surface area (Å²) in [5.41, 5.74) is 1.73. The molecule has 1 fully saturated rings. The molecule has 3 heterocycles. The highest BCUT2D eigenvalue weighted by Crippen LogP contribution is 2.21. The van der Waals surface area contributed by atoms with Crippen molar-refractivity contribution in [1.29, 1.82) is 0 Å². The summed E-state index contributed by atoms with van der Waals surface area (Å²) in [5.74, 6) is 1.64. The molecule has 1 saturated heterocycles. The average molecular weight is 295 g/mol. The predicted molar refractivity (Wildman–Crippen MR) is 83.7 cm³/mol. The van der Waals surface area contributed by atoms with Crippen LogP contribution in [0.2, 0.25) is 0 Å². The highest BCUT2D eigenvalue weighted by atomic mass is 16.3. The summed E-state index contributed by atoms with van der Waals surface area (Å²) in [6, 6.07) is 13.8. The standard InChI is InChI=1S/C16H17N5O/c22-13-8-10-20(11-9-13)15-7-6-14-17-18-16(21(14)19-15)12-4-2-1-3-5-12/h1-7,13,22H,8-11H2. The number of aromatic nitrogens is 4. The number of aliphatic hydroxyl groups excluding tert-OH is 1. The maximum atomic E-state index is 9.63. The fourth-order valence-electron chi connectivity index (χ4n) is 2.81. The number of hydrogen-bond donors (Lipinski definition) is 1. The summed E-state index contributed by atoms with van der Waals surface area (Å²) >= 11 is 0. The number of hydrogen-bond acceptors (Lipinski definition) is 5. The van der Waals surface area contributed by atoms with Crippen LogP contribution in [0.15, 0.2) is 42.5 Å². The van der Waals surface area contributed by atoms with Crippen LogP contribution in [0.4, 0.5) is 5.82 Å². The average Bonchev–Trinajstić information content (AvgIpc) is 2.99. The Kier molecular flexibility index (Phi) is 3.23. The molecule has 6 heteroatoms. The molecule has 1 aliphatic rings. The van der Waals surface area contributed by atoms with E-state index in [9.17, 15) is 5.11 Å². The van der Waals surface area contributed by atoms with Gasteiger partial charge in [0.05, 0.1) is 6.10 Å². The number of fused-ring (bicyclic) bond motifs is 1. The van der Waals surface area contributed by atoms with E-state index in [1.165, 1.54) is 0 Å². The molecule has 112 valence electrons. The van der Waals surface area contributed by atoms with E-state index in [1.54, 1.807) is 4.52 Å². The quantitative estimate of drug-likeness (QED) is 0.780. The molecule has 6 nitrogen and oxygen atoms in total. The van der Waals surface area contributed by atoms with Gasteiger partial charge in [-0.1, -0.05) is 30.3 Å². The van der Waals surface area contributed by atoms with E-state index in [-0.39, 0.29) is 6.10 Å². The summed E-state index contributed by atoms with van der Waals surface area (Å²) in [6.45, 7) is 1.64. The third-order valence-electron chi connectivity index (χ3n) is 4.07. The van der Waals surface area contributed by atoms with Gasteiger partial charge in [0.25, 0.3) is 0 Å². The molecule has 1 aromatic carbocycles. The minimum absolute atomic E-state index is 0.185. The number of anilines is 1. The minimum atomic E-state index is -0.185. The number of benzene rings is 1. The molecule has 0 unspecified atom stereocenters. The second kappa shape index (κ2) is 5.38. The highest BCUT2D eigenvalue weighted by Gasteiger charge is 2.19. The van der Waals surface area contributed by atoms with E-state index >= 15 is 0 Å². The summed E-state index contributed by atoms with van der Waals surface area (Å²) < 4.78 is 1.79. The first kappa shape index (κ1) is 13.2. The predicted octanol–water partition coefficient (Wildman–Crippen LogP) is 1.75. The van der Waals surface area contributed by atoms with Gasteiger partial charge >= 0.3 is 0 Å². The van der Waals surface area contributed by atoms with Crippen LogP contribution < -0.4 is 4.90 Å². The molecule has 3 aromatic rings. The van der Waals surface area contributed by atoms with Gasteiger partial charge in [-0.25, -0.2) is 0 Å². The van der Waals surface area contributed by atoms with Crippen molar-refractivity contribution >= 4 is 11.5 Å². The van der Waals surface area contributed by atoms with Crippen LogP contribution in [0.1, 0.15) is 12.8 Å². The molecule has 0 bridgehead atoms. The van der Waals surface area contributed by atoms with E-state index in [4.69, 9.17) is 5.10 Å². The molecule has 0 amide bonds. The second-order valence-corrected chi connectivity index (χ2v) is 5.57. The number of piperidine rings is 1. The van der Waals surface area contributed by atoms with Crippen molar-refractivity contribution in [2.75, 3.05) is 18.0 Å². The summed E-state index contributed by atoms with van der Waals surface area (Å²) in [5, 5.41) is 22.8. The van der Waals surface area contributed by atoms with Crippen LogP contribution >= 0.6 is 0 Å². The van der Waals surface area contributed by atoms with Gasteiger partial charge in [-0.15, -0.1) is 15.3 Å². The largest absolute Gasteiger partial charge is 0.393 e. The van der Waals surface area contributed by atoms with Crippen molar-refractivity contribution in [2.24, 2.45) is 0 Å². The number of rotatable bonds is 2. The summed E-state index contributed by atoms with van der Waals surface area (Å²) in [4.78, 5) is 2.20. The van der Waals surface area contributed by atoms with Crippen molar-refractivity contribution in [3.63, 3.8) is 0 Å². The maximum absolute atomic E-state index is 9.63. The van der Waals surface area contributed by atoms with Crippen LogP contribution in [0.5, 0.6) is 0 Å². The van der Waals surface area contributed by atoms with Gasteiger partial charge in [-0.2, -0.15) is 4.52 Å². The van der Waals surface area contributed by atoms with Gasteiger partial charge in [0, 0.05) is 18.7 Å². The van der Waals surface area contributed by atoms with E-state index < -0.39 is 0 Å². The monoisotopic (exact) mass is 295 g/mol.